The molecule has 2 heterocycles. The Hall–Kier alpha value is -1.85. The molecule has 1 saturated heterocycles. The van der Waals surface area contributed by atoms with E-state index in [2.05, 4.69) is 32.4 Å². The fourth-order valence-corrected chi connectivity index (χ4v) is 2.41. The minimum Gasteiger partial charge on any atom is -0.370 e. The highest BCUT2D eigenvalue weighted by Crippen LogP contribution is 2.39. The van der Waals surface area contributed by atoms with Crippen LogP contribution in [0.2, 0.25) is 0 Å². The molecule has 0 atom stereocenters. The third-order valence-electron chi connectivity index (χ3n) is 3.62. The Bertz CT molecular complexity index is 500. The quantitative estimate of drug-likeness (QED) is 0.861. The van der Waals surface area contributed by atoms with Crippen LogP contribution in [0.1, 0.15) is 37.9 Å². The summed E-state index contributed by atoms with van der Waals surface area (Å²) in [4.78, 5) is 23.0. The molecule has 0 unspecified atom stereocenters. The van der Waals surface area contributed by atoms with Gasteiger partial charge < -0.3 is 15.5 Å². The molecule has 0 aromatic carbocycles. The van der Waals surface area contributed by atoms with Crippen LogP contribution in [0.25, 0.3) is 0 Å². The van der Waals surface area contributed by atoms with Gasteiger partial charge in [0.2, 0.25) is 5.91 Å². The molecule has 1 saturated carbocycles. The molecule has 0 spiro atoms. The van der Waals surface area contributed by atoms with Crippen molar-refractivity contribution in [3.05, 3.63) is 11.9 Å². The molecule has 2 fully saturated rings. The van der Waals surface area contributed by atoms with Gasteiger partial charge in [0, 0.05) is 31.6 Å². The zero-order chi connectivity index (χ0) is 13.9. The third-order valence-corrected chi connectivity index (χ3v) is 3.62. The second-order valence-corrected chi connectivity index (χ2v) is 5.40. The number of nitrogens with one attached hydrogen (secondary N) is 2. The van der Waals surface area contributed by atoms with E-state index in [0.717, 1.165) is 43.5 Å². The van der Waals surface area contributed by atoms with Gasteiger partial charge in [-0.05, 0) is 26.2 Å². The molecular formula is C14H21N5O. The minimum atomic E-state index is 0.0686. The van der Waals surface area contributed by atoms with Gasteiger partial charge in [-0.1, -0.05) is 0 Å². The molecule has 20 heavy (non-hydrogen) atoms. The Morgan fingerprint density at radius 3 is 3.05 bits per heavy atom. The Kier molecular flexibility index (Phi) is 3.71. The maximum Gasteiger partial charge on any atom is 0.239 e. The van der Waals surface area contributed by atoms with Gasteiger partial charge in [-0.15, -0.1) is 0 Å². The maximum absolute atomic E-state index is 11.7. The van der Waals surface area contributed by atoms with Crippen LogP contribution in [0.3, 0.4) is 0 Å². The van der Waals surface area contributed by atoms with Crippen molar-refractivity contribution in [2.24, 2.45) is 0 Å². The van der Waals surface area contributed by atoms with E-state index in [9.17, 15) is 4.79 Å². The SMILES string of the molecule is CCNc1cc(N2CCCNC(=O)C2)nc(C2CC2)n1. The second kappa shape index (κ2) is 5.64. The maximum atomic E-state index is 11.7. The molecule has 0 radical (unpaired) electrons. The topological polar surface area (TPSA) is 70.2 Å². The molecule has 1 amide bonds. The number of carbonyl (C=O) groups excluding carboxylic acids is 1. The number of rotatable bonds is 4. The van der Waals surface area contributed by atoms with Crippen molar-refractivity contribution < 1.29 is 4.79 Å². The van der Waals surface area contributed by atoms with E-state index in [1.165, 1.54) is 12.8 Å². The van der Waals surface area contributed by atoms with Crippen molar-refractivity contribution in [1.82, 2.24) is 15.3 Å². The second-order valence-electron chi connectivity index (χ2n) is 5.40. The first kappa shape index (κ1) is 13.1. The molecule has 0 bridgehead atoms. The normalized spacial score (nSPS) is 19.4. The summed E-state index contributed by atoms with van der Waals surface area (Å²) in [5.41, 5.74) is 0. The number of hydrogen-bond donors (Lipinski definition) is 2. The third kappa shape index (κ3) is 3.00. The lowest BCUT2D eigenvalue weighted by Gasteiger charge is -2.21. The summed E-state index contributed by atoms with van der Waals surface area (Å²) in [7, 11) is 0. The van der Waals surface area contributed by atoms with Crippen molar-refractivity contribution in [3.8, 4) is 0 Å². The van der Waals surface area contributed by atoms with E-state index >= 15 is 0 Å². The highest BCUT2D eigenvalue weighted by atomic mass is 16.2. The zero-order valence-corrected chi connectivity index (χ0v) is 11.9. The van der Waals surface area contributed by atoms with Gasteiger partial charge in [-0.25, -0.2) is 9.97 Å². The van der Waals surface area contributed by atoms with E-state index in [-0.39, 0.29) is 5.91 Å². The van der Waals surface area contributed by atoms with Gasteiger partial charge in [0.1, 0.15) is 17.5 Å². The summed E-state index contributed by atoms with van der Waals surface area (Å²) in [6, 6.07) is 1.95. The average Bonchev–Trinajstić information content (AvgIpc) is 3.26. The van der Waals surface area contributed by atoms with E-state index in [1.54, 1.807) is 0 Å². The van der Waals surface area contributed by atoms with Crippen molar-refractivity contribution in [3.63, 3.8) is 0 Å². The number of aromatic nitrogens is 2. The number of amides is 1. The molecule has 1 aliphatic carbocycles. The zero-order valence-electron chi connectivity index (χ0n) is 11.9. The van der Waals surface area contributed by atoms with Crippen LogP contribution < -0.4 is 15.5 Å². The van der Waals surface area contributed by atoms with E-state index < -0.39 is 0 Å². The number of hydrogen-bond acceptors (Lipinski definition) is 5. The van der Waals surface area contributed by atoms with Crippen LogP contribution in [0.4, 0.5) is 11.6 Å². The predicted octanol–water partition coefficient (Wildman–Crippen LogP) is 1.11. The summed E-state index contributed by atoms with van der Waals surface area (Å²) < 4.78 is 0. The molecule has 1 aliphatic heterocycles. The lowest BCUT2D eigenvalue weighted by Crippen LogP contribution is -2.33. The number of nitrogens with zero attached hydrogens (tertiary/aromatic N) is 3. The van der Waals surface area contributed by atoms with Crippen molar-refractivity contribution in [2.75, 3.05) is 36.4 Å². The number of carbonyl (C=O) groups is 1. The predicted molar refractivity (Wildman–Crippen MR) is 78.0 cm³/mol. The first-order valence-electron chi connectivity index (χ1n) is 7.40. The highest BCUT2D eigenvalue weighted by Gasteiger charge is 2.28. The van der Waals surface area contributed by atoms with Crippen LogP contribution in [0, 0.1) is 0 Å². The van der Waals surface area contributed by atoms with Crippen LogP contribution in [0.5, 0.6) is 0 Å². The molecule has 2 aliphatic rings. The molecule has 1 aromatic heterocycles. The van der Waals surface area contributed by atoms with Gasteiger partial charge in [0.15, 0.2) is 0 Å². The van der Waals surface area contributed by atoms with Crippen molar-refractivity contribution in [1.29, 1.82) is 0 Å². The summed E-state index contributed by atoms with van der Waals surface area (Å²) in [6.07, 6.45) is 3.30. The van der Waals surface area contributed by atoms with Crippen LogP contribution >= 0.6 is 0 Å². The molecule has 6 nitrogen and oxygen atoms in total. The lowest BCUT2D eigenvalue weighted by molar-refractivity contribution is -0.119. The standard InChI is InChI=1S/C14H21N5O/c1-2-15-11-8-12(18-14(17-11)10-4-5-10)19-7-3-6-16-13(20)9-19/h8,10H,2-7,9H2,1H3,(H,16,20)(H,15,17,18). The van der Waals surface area contributed by atoms with E-state index in [4.69, 9.17) is 0 Å². The summed E-state index contributed by atoms with van der Waals surface area (Å²) >= 11 is 0. The molecular weight excluding hydrogens is 254 g/mol. The van der Waals surface area contributed by atoms with Gasteiger partial charge in [-0.2, -0.15) is 0 Å². The number of anilines is 2. The van der Waals surface area contributed by atoms with Crippen LogP contribution in [-0.4, -0.2) is 42.1 Å². The Morgan fingerprint density at radius 1 is 1.45 bits per heavy atom. The van der Waals surface area contributed by atoms with Crippen LogP contribution in [-0.2, 0) is 4.79 Å². The van der Waals surface area contributed by atoms with Gasteiger partial charge in [-0.3, -0.25) is 4.79 Å². The smallest absolute Gasteiger partial charge is 0.239 e. The average molecular weight is 275 g/mol. The molecule has 2 N–H and O–H groups in total. The summed E-state index contributed by atoms with van der Waals surface area (Å²) in [5, 5.41) is 6.15. The Morgan fingerprint density at radius 2 is 2.30 bits per heavy atom. The van der Waals surface area contributed by atoms with E-state index in [1.807, 2.05) is 6.07 Å². The first-order chi connectivity index (χ1) is 9.76. The Labute approximate surface area is 119 Å². The fourth-order valence-electron chi connectivity index (χ4n) is 2.41. The van der Waals surface area contributed by atoms with E-state index in [0.29, 0.717) is 12.5 Å². The Balaban J connectivity index is 1.87. The van der Waals surface area contributed by atoms with Crippen molar-refractivity contribution >= 4 is 17.5 Å². The largest absolute Gasteiger partial charge is 0.370 e. The minimum absolute atomic E-state index is 0.0686. The summed E-state index contributed by atoms with van der Waals surface area (Å²) in [5.74, 6) is 3.23. The molecule has 3 rings (SSSR count). The lowest BCUT2D eigenvalue weighted by atomic mass is 10.3. The molecule has 6 heteroatoms. The first-order valence-corrected chi connectivity index (χ1v) is 7.40. The monoisotopic (exact) mass is 275 g/mol. The van der Waals surface area contributed by atoms with Crippen LogP contribution in [0.15, 0.2) is 6.07 Å². The fraction of sp³-hybridized carbons (Fsp3) is 0.643. The molecule has 108 valence electrons. The molecule has 1 aromatic rings. The van der Waals surface area contributed by atoms with Gasteiger partial charge in [0.05, 0.1) is 6.54 Å². The van der Waals surface area contributed by atoms with Crippen molar-refractivity contribution in [2.45, 2.75) is 32.1 Å². The summed E-state index contributed by atoms with van der Waals surface area (Å²) in [6.45, 7) is 4.87. The van der Waals surface area contributed by atoms with Gasteiger partial charge >= 0.3 is 0 Å². The van der Waals surface area contributed by atoms with Gasteiger partial charge in [0.25, 0.3) is 0 Å². The highest BCUT2D eigenvalue weighted by molar-refractivity contribution is 5.81.